The molecule has 3 amide bonds. The van der Waals surface area contributed by atoms with Crippen LogP contribution in [-0.2, 0) is 19.1 Å². The first kappa shape index (κ1) is 26.6. The molecule has 0 radical (unpaired) electrons. The van der Waals surface area contributed by atoms with Gasteiger partial charge in [0.05, 0.1) is 31.7 Å². The number of allylic oxidation sites excluding steroid dienone is 2. The molecule has 3 aliphatic rings. The molecule has 0 saturated carbocycles. The molecule has 194 valence electrons. The number of phenols is 1. The number of carbonyl (C=O) groups excluding carboxylic acids is 3. The van der Waals surface area contributed by atoms with Crippen molar-refractivity contribution in [2.75, 3.05) is 13.7 Å². The Morgan fingerprint density at radius 2 is 2.00 bits per heavy atom. The molecule has 2 heterocycles. The maximum absolute atomic E-state index is 13.2. The third-order valence-corrected chi connectivity index (χ3v) is 8.14. The Hall–Kier alpha value is -2.45. The molecule has 1 N–H and O–H groups in total. The fourth-order valence-electron chi connectivity index (χ4n) is 6.00. The number of fused-ring (bicyclic) bond motifs is 3. The fraction of sp³-hybridized carbons (Fsp3) is 0.536. The number of benzene rings is 1. The largest absolute Gasteiger partial charge is 0.507 e. The summed E-state index contributed by atoms with van der Waals surface area (Å²) in [5.74, 6) is -1.81. The van der Waals surface area contributed by atoms with E-state index in [0.29, 0.717) is 17.9 Å². The number of hydrogen-bond acceptors (Lipinski definition) is 6. The number of likely N-dealkylation sites (tertiary alicyclic amines) is 1. The molecule has 0 spiro atoms. The van der Waals surface area contributed by atoms with Crippen LogP contribution in [0.3, 0.4) is 0 Å². The van der Waals surface area contributed by atoms with Gasteiger partial charge >= 0.3 is 6.09 Å². The fourth-order valence-corrected chi connectivity index (χ4v) is 6.38. The third kappa shape index (κ3) is 4.90. The van der Waals surface area contributed by atoms with Crippen molar-refractivity contribution in [3.8, 4) is 5.75 Å². The molecule has 4 atom stereocenters. The Kier molecular flexibility index (Phi) is 8.05. The van der Waals surface area contributed by atoms with Gasteiger partial charge in [-0.2, -0.15) is 4.90 Å². The van der Waals surface area contributed by atoms with E-state index in [-0.39, 0.29) is 23.7 Å². The van der Waals surface area contributed by atoms with Gasteiger partial charge in [0.15, 0.2) is 0 Å². The number of hydrogen-bond donors (Lipinski definition) is 1. The smallest absolute Gasteiger partial charge is 0.423 e. The standard InChI is InChI=1S/C28H34BrNO6/c1-5-6-16(11-17-12-18(29)8-9-22(17)31)7-10-23-24-19(15(2)3)13-20-25(21(24)14-36-23)27(33)30(26(20)32)28(34)35-4/h8-9,11-12,15,20-21,23,25,31H,5-7,10,13-14H2,1-4H3/b16-11+/t20-,21+,23-,25-/m1/s1. The summed E-state index contributed by atoms with van der Waals surface area (Å²) in [6, 6.07) is 5.40. The Balaban J connectivity index is 1.59. The van der Waals surface area contributed by atoms with Crippen LogP contribution in [0.15, 0.2) is 39.4 Å². The second kappa shape index (κ2) is 10.9. The second-order valence-electron chi connectivity index (χ2n) is 10.2. The summed E-state index contributed by atoms with van der Waals surface area (Å²) < 4.78 is 11.9. The lowest BCUT2D eigenvalue weighted by molar-refractivity contribution is -0.137. The number of imide groups is 3. The first-order valence-electron chi connectivity index (χ1n) is 12.7. The van der Waals surface area contributed by atoms with E-state index < -0.39 is 29.7 Å². The minimum atomic E-state index is -0.910. The Bertz CT molecular complexity index is 1120. The molecule has 1 aliphatic carbocycles. The quantitative estimate of drug-likeness (QED) is 0.332. The van der Waals surface area contributed by atoms with Crippen molar-refractivity contribution in [3.63, 3.8) is 0 Å². The van der Waals surface area contributed by atoms with E-state index in [1.807, 2.05) is 12.1 Å². The molecular weight excluding hydrogens is 526 g/mol. The highest BCUT2D eigenvalue weighted by Gasteiger charge is 2.59. The first-order chi connectivity index (χ1) is 17.2. The maximum Gasteiger partial charge on any atom is 0.423 e. The number of amides is 3. The van der Waals surface area contributed by atoms with Gasteiger partial charge in [-0.1, -0.05) is 60.3 Å². The highest BCUT2D eigenvalue weighted by atomic mass is 79.9. The summed E-state index contributed by atoms with van der Waals surface area (Å²) in [5.41, 5.74) is 4.31. The van der Waals surface area contributed by atoms with Crippen LogP contribution in [0.1, 0.15) is 58.4 Å². The molecule has 2 fully saturated rings. The van der Waals surface area contributed by atoms with Gasteiger partial charge in [0.25, 0.3) is 0 Å². The zero-order chi connectivity index (χ0) is 26.1. The zero-order valence-corrected chi connectivity index (χ0v) is 22.8. The normalized spacial score (nSPS) is 26.1. The average Bonchev–Trinajstić information content (AvgIpc) is 3.37. The van der Waals surface area contributed by atoms with Gasteiger partial charge in [0.2, 0.25) is 11.8 Å². The summed E-state index contributed by atoms with van der Waals surface area (Å²) >= 11 is 3.48. The van der Waals surface area contributed by atoms with E-state index in [0.717, 1.165) is 41.3 Å². The number of phenolic OH excluding ortho intramolecular Hbond substituents is 1. The van der Waals surface area contributed by atoms with Crippen molar-refractivity contribution in [2.45, 2.75) is 59.0 Å². The molecule has 1 aromatic rings. The van der Waals surface area contributed by atoms with E-state index in [1.54, 1.807) is 6.07 Å². The van der Waals surface area contributed by atoms with E-state index >= 15 is 0 Å². The van der Waals surface area contributed by atoms with Crippen molar-refractivity contribution in [2.24, 2.45) is 23.7 Å². The molecule has 1 aromatic carbocycles. The monoisotopic (exact) mass is 559 g/mol. The lowest BCUT2D eigenvalue weighted by Gasteiger charge is -2.33. The molecule has 0 aromatic heterocycles. The molecular formula is C28H34BrNO6. The van der Waals surface area contributed by atoms with Crippen molar-refractivity contribution in [3.05, 3.63) is 45.0 Å². The maximum atomic E-state index is 13.2. The topological polar surface area (TPSA) is 93.1 Å². The number of nitrogens with zero attached hydrogens (tertiary/aromatic N) is 1. The molecule has 36 heavy (non-hydrogen) atoms. The lowest BCUT2D eigenvalue weighted by Crippen LogP contribution is -2.38. The van der Waals surface area contributed by atoms with E-state index in [2.05, 4.69) is 42.8 Å². The summed E-state index contributed by atoms with van der Waals surface area (Å²) in [5, 5.41) is 10.3. The van der Waals surface area contributed by atoms with Crippen LogP contribution >= 0.6 is 15.9 Å². The van der Waals surface area contributed by atoms with Gasteiger partial charge in [0, 0.05) is 16.0 Å². The second-order valence-corrected chi connectivity index (χ2v) is 11.1. The molecule has 4 rings (SSSR count). The Morgan fingerprint density at radius 1 is 1.25 bits per heavy atom. The van der Waals surface area contributed by atoms with Gasteiger partial charge in [-0.15, -0.1) is 0 Å². The zero-order valence-electron chi connectivity index (χ0n) is 21.3. The van der Waals surface area contributed by atoms with Crippen molar-refractivity contribution in [1.82, 2.24) is 4.90 Å². The van der Waals surface area contributed by atoms with Crippen molar-refractivity contribution < 1.29 is 29.0 Å². The lowest BCUT2D eigenvalue weighted by atomic mass is 9.67. The number of carbonyl (C=O) groups is 3. The number of rotatable bonds is 7. The minimum absolute atomic E-state index is 0.139. The van der Waals surface area contributed by atoms with Gasteiger partial charge in [-0.05, 0) is 55.4 Å². The molecule has 8 heteroatoms. The molecule has 0 bridgehead atoms. The third-order valence-electron chi connectivity index (χ3n) is 7.65. The highest BCUT2D eigenvalue weighted by Crippen LogP contribution is 2.51. The summed E-state index contributed by atoms with van der Waals surface area (Å²) in [7, 11) is 1.18. The molecule has 2 saturated heterocycles. The highest BCUT2D eigenvalue weighted by molar-refractivity contribution is 9.10. The minimum Gasteiger partial charge on any atom is -0.507 e. The van der Waals surface area contributed by atoms with E-state index in [4.69, 9.17) is 9.47 Å². The molecule has 0 unspecified atom stereocenters. The van der Waals surface area contributed by atoms with Crippen LogP contribution in [-0.4, -0.2) is 47.7 Å². The van der Waals surface area contributed by atoms with Crippen LogP contribution in [0.25, 0.3) is 6.08 Å². The van der Waals surface area contributed by atoms with Crippen LogP contribution in [0.4, 0.5) is 4.79 Å². The molecule has 2 aliphatic heterocycles. The number of aromatic hydroxyl groups is 1. The van der Waals surface area contributed by atoms with Crippen molar-refractivity contribution >= 4 is 39.9 Å². The van der Waals surface area contributed by atoms with Crippen LogP contribution < -0.4 is 0 Å². The summed E-state index contributed by atoms with van der Waals surface area (Å²) in [6.45, 7) is 6.71. The van der Waals surface area contributed by atoms with E-state index in [1.165, 1.54) is 18.3 Å². The van der Waals surface area contributed by atoms with Crippen LogP contribution in [0.5, 0.6) is 5.75 Å². The van der Waals surface area contributed by atoms with Gasteiger partial charge in [-0.3, -0.25) is 9.59 Å². The van der Waals surface area contributed by atoms with E-state index in [9.17, 15) is 19.5 Å². The first-order valence-corrected chi connectivity index (χ1v) is 13.4. The number of halogens is 1. The van der Waals surface area contributed by atoms with Crippen LogP contribution in [0, 0.1) is 23.7 Å². The van der Waals surface area contributed by atoms with Crippen LogP contribution in [0.2, 0.25) is 0 Å². The summed E-state index contributed by atoms with van der Waals surface area (Å²) in [4.78, 5) is 39.1. The van der Waals surface area contributed by atoms with Gasteiger partial charge in [-0.25, -0.2) is 4.79 Å². The van der Waals surface area contributed by atoms with Gasteiger partial charge < -0.3 is 14.6 Å². The Labute approximate surface area is 220 Å². The van der Waals surface area contributed by atoms with Gasteiger partial charge in [0.1, 0.15) is 5.75 Å². The Morgan fingerprint density at radius 3 is 2.67 bits per heavy atom. The van der Waals surface area contributed by atoms with Crippen molar-refractivity contribution in [1.29, 1.82) is 0 Å². The molecule has 7 nitrogen and oxygen atoms in total. The predicted octanol–water partition coefficient (Wildman–Crippen LogP) is 5.86. The summed E-state index contributed by atoms with van der Waals surface area (Å²) in [6.07, 6.45) is 4.91. The predicted molar refractivity (Wildman–Crippen MR) is 139 cm³/mol. The number of ether oxygens (including phenoxy) is 2. The number of methoxy groups -OCH3 is 1. The SMILES string of the molecule is CCC/C(=C\c1cc(Br)ccc1O)CC[C@H]1OC[C@H]2C1=C(C(C)C)C[C@H]1C(=O)N(C(=O)OC)C(=O)[C@H]12. The average molecular weight is 560 g/mol.